The molecule has 1 amide bonds. The first kappa shape index (κ1) is 15.8. The van der Waals surface area contributed by atoms with Crippen LogP contribution in [0.1, 0.15) is 10.4 Å². The lowest BCUT2D eigenvalue weighted by Gasteiger charge is -2.34. The highest BCUT2D eigenvalue weighted by atomic mass is 16.4. The number of aliphatic hydroxyl groups excluding tert-OH is 1. The van der Waals surface area contributed by atoms with Crippen LogP contribution in [0.25, 0.3) is 0 Å². The molecule has 1 aliphatic heterocycles. The van der Waals surface area contributed by atoms with Gasteiger partial charge in [0.15, 0.2) is 0 Å². The molecular formula is C13H18N2O5. The first-order valence-electron chi connectivity index (χ1n) is 6.07. The zero-order chi connectivity index (χ0) is 15.1. The quantitative estimate of drug-likeness (QED) is 0.673. The average molecular weight is 282 g/mol. The van der Waals surface area contributed by atoms with Crippen LogP contribution in [0.5, 0.6) is 5.75 Å². The zero-order valence-electron chi connectivity index (χ0n) is 11.2. The van der Waals surface area contributed by atoms with Crippen molar-refractivity contribution >= 4 is 18.1 Å². The number of benzene rings is 1. The molecule has 2 rings (SSSR count). The third-order valence-corrected chi connectivity index (χ3v) is 3.04. The number of carbonyl (C=O) groups is 2. The molecule has 7 nitrogen and oxygen atoms in total. The Kier molecular flexibility index (Phi) is 5.79. The number of carboxylic acids is 1. The number of hydrogen-bond donors (Lipinski definition) is 3. The summed E-state index contributed by atoms with van der Waals surface area (Å²) >= 11 is 0. The number of rotatable bonds is 3. The Morgan fingerprint density at radius 2 is 1.80 bits per heavy atom. The van der Waals surface area contributed by atoms with Gasteiger partial charge in [0.05, 0.1) is 0 Å². The topological polar surface area (TPSA) is 101 Å². The molecule has 3 N–H and O–H groups in total. The molecule has 1 fully saturated rings. The minimum absolute atomic E-state index is 0.106. The van der Waals surface area contributed by atoms with Crippen LogP contribution < -0.4 is 4.90 Å². The molecule has 0 aromatic heterocycles. The second-order valence-corrected chi connectivity index (χ2v) is 4.14. The largest absolute Gasteiger partial charge is 0.507 e. The smallest absolute Gasteiger partial charge is 0.339 e. The van der Waals surface area contributed by atoms with E-state index in [2.05, 4.69) is 0 Å². The van der Waals surface area contributed by atoms with Crippen LogP contribution in [0.4, 0.5) is 5.69 Å². The summed E-state index contributed by atoms with van der Waals surface area (Å²) in [6.07, 6.45) is 0.816. The lowest BCUT2D eigenvalue weighted by atomic mass is 10.1. The average Bonchev–Trinajstić information content (AvgIpc) is 2.49. The standard InChI is InChI=1S/C12H14N2O4.CH4O/c15-8-13-3-5-14(6-4-13)9-1-2-11(16)10(7-9)12(17)18;1-2/h1-2,7-8,16H,3-6H2,(H,17,18);2H,1H3. The van der Waals surface area contributed by atoms with E-state index >= 15 is 0 Å². The van der Waals surface area contributed by atoms with E-state index < -0.39 is 5.97 Å². The Morgan fingerprint density at radius 3 is 2.30 bits per heavy atom. The molecule has 7 heteroatoms. The third-order valence-electron chi connectivity index (χ3n) is 3.04. The van der Waals surface area contributed by atoms with Crippen molar-refractivity contribution in [2.45, 2.75) is 0 Å². The number of carboxylic acid groups (broad SMARTS) is 1. The number of aromatic hydroxyl groups is 1. The highest BCUT2D eigenvalue weighted by Gasteiger charge is 2.18. The summed E-state index contributed by atoms with van der Waals surface area (Å²) in [7, 11) is 1.00. The summed E-state index contributed by atoms with van der Waals surface area (Å²) in [5.74, 6) is -1.39. The number of nitrogens with zero attached hydrogens (tertiary/aromatic N) is 2. The fourth-order valence-electron chi connectivity index (χ4n) is 1.98. The molecule has 0 aliphatic carbocycles. The van der Waals surface area contributed by atoms with E-state index in [0.29, 0.717) is 26.2 Å². The van der Waals surface area contributed by atoms with Gasteiger partial charge in [0, 0.05) is 39.0 Å². The van der Waals surface area contributed by atoms with Crippen LogP contribution in [0.2, 0.25) is 0 Å². The van der Waals surface area contributed by atoms with E-state index in [-0.39, 0.29) is 11.3 Å². The maximum Gasteiger partial charge on any atom is 0.339 e. The molecule has 1 aromatic carbocycles. The van der Waals surface area contributed by atoms with Gasteiger partial charge in [-0.2, -0.15) is 0 Å². The molecule has 1 aliphatic rings. The van der Waals surface area contributed by atoms with Crippen molar-refractivity contribution in [3.8, 4) is 5.75 Å². The Bertz CT molecular complexity index is 470. The van der Waals surface area contributed by atoms with Gasteiger partial charge < -0.3 is 25.1 Å². The molecule has 0 unspecified atom stereocenters. The highest BCUT2D eigenvalue weighted by Crippen LogP contribution is 2.24. The maximum absolute atomic E-state index is 10.9. The van der Waals surface area contributed by atoms with Crippen LogP contribution in [0.3, 0.4) is 0 Å². The number of carbonyl (C=O) groups excluding carboxylic acids is 1. The first-order chi connectivity index (χ1) is 9.61. The van der Waals surface area contributed by atoms with Crippen molar-refractivity contribution in [1.29, 1.82) is 0 Å². The highest BCUT2D eigenvalue weighted by molar-refractivity contribution is 5.92. The molecule has 110 valence electrons. The van der Waals surface area contributed by atoms with Gasteiger partial charge in [-0.25, -0.2) is 4.79 Å². The van der Waals surface area contributed by atoms with Gasteiger partial charge in [0.2, 0.25) is 6.41 Å². The molecule has 1 saturated heterocycles. The van der Waals surface area contributed by atoms with Crippen LogP contribution in [0, 0.1) is 0 Å². The number of aliphatic hydroxyl groups is 1. The summed E-state index contributed by atoms with van der Waals surface area (Å²) in [6.45, 7) is 2.55. The van der Waals surface area contributed by atoms with Crippen LogP contribution in [-0.4, -0.2) is 65.9 Å². The van der Waals surface area contributed by atoms with Crippen molar-refractivity contribution < 1.29 is 24.9 Å². The second kappa shape index (κ2) is 7.34. The summed E-state index contributed by atoms with van der Waals surface area (Å²) < 4.78 is 0. The predicted octanol–water partition coefficient (Wildman–Crippen LogP) is -0.0227. The van der Waals surface area contributed by atoms with E-state index in [0.717, 1.165) is 19.2 Å². The molecule has 20 heavy (non-hydrogen) atoms. The molecule has 0 spiro atoms. The molecule has 1 heterocycles. The number of piperazine rings is 1. The minimum Gasteiger partial charge on any atom is -0.507 e. The number of aromatic carboxylic acids is 1. The molecule has 0 radical (unpaired) electrons. The normalized spacial score (nSPS) is 14.3. The second-order valence-electron chi connectivity index (χ2n) is 4.14. The lowest BCUT2D eigenvalue weighted by molar-refractivity contribution is -0.118. The van der Waals surface area contributed by atoms with Crippen LogP contribution >= 0.6 is 0 Å². The van der Waals surface area contributed by atoms with E-state index in [1.165, 1.54) is 12.1 Å². The van der Waals surface area contributed by atoms with Gasteiger partial charge in [0.1, 0.15) is 11.3 Å². The Hall–Kier alpha value is -2.28. The maximum atomic E-state index is 10.9. The summed E-state index contributed by atoms with van der Waals surface area (Å²) in [6, 6.07) is 4.51. The summed E-state index contributed by atoms with van der Waals surface area (Å²) in [5, 5.41) is 25.4. The number of phenols is 1. The molecule has 0 atom stereocenters. The van der Waals surface area contributed by atoms with Gasteiger partial charge >= 0.3 is 5.97 Å². The number of hydrogen-bond acceptors (Lipinski definition) is 5. The summed E-state index contributed by atoms with van der Waals surface area (Å²) in [4.78, 5) is 25.2. The van der Waals surface area contributed by atoms with Crippen LogP contribution in [0.15, 0.2) is 18.2 Å². The van der Waals surface area contributed by atoms with Gasteiger partial charge in [0.25, 0.3) is 0 Å². The Labute approximate surface area is 116 Å². The van der Waals surface area contributed by atoms with Gasteiger partial charge in [-0.15, -0.1) is 0 Å². The van der Waals surface area contributed by atoms with E-state index in [9.17, 15) is 14.7 Å². The predicted molar refractivity (Wildman–Crippen MR) is 73.1 cm³/mol. The lowest BCUT2D eigenvalue weighted by Crippen LogP contribution is -2.45. The SMILES string of the molecule is CO.O=CN1CCN(c2ccc(O)c(C(=O)O)c2)CC1. The molecule has 0 saturated carbocycles. The van der Waals surface area contributed by atoms with E-state index in [4.69, 9.17) is 10.2 Å². The fourth-order valence-corrected chi connectivity index (χ4v) is 1.98. The van der Waals surface area contributed by atoms with Crippen molar-refractivity contribution in [1.82, 2.24) is 4.90 Å². The minimum atomic E-state index is -1.15. The van der Waals surface area contributed by atoms with Gasteiger partial charge in [-0.1, -0.05) is 0 Å². The zero-order valence-corrected chi connectivity index (χ0v) is 11.2. The molecule has 0 bridgehead atoms. The van der Waals surface area contributed by atoms with E-state index in [1.54, 1.807) is 11.0 Å². The third kappa shape index (κ3) is 3.61. The van der Waals surface area contributed by atoms with Crippen molar-refractivity contribution in [2.75, 3.05) is 38.2 Å². The monoisotopic (exact) mass is 282 g/mol. The van der Waals surface area contributed by atoms with Crippen LogP contribution in [-0.2, 0) is 4.79 Å². The number of amides is 1. The van der Waals surface area contributed by atoms with E-state index in [1.807, 2.05) is 4.90 Å². The van der Waals surface area contributed by atoms with Crippen molar-refractivity contribution in [3.63, 3.8) is 0 Å². The van der Waals surface area contributed by atoms with Gasteiger partial charge in [-0.3, -0.25) is 4.79 Å². The fraction of sp³-hybridized carbons (Fsp3) is 0.385. The molecular weight excluding hydrogens is 264 g/mol. The van der Waals surface area contributed by atoms with Crippen molar-refractivity contribution in [3.05, 3.63) is 23.8 Å². The summed E-state index contributed by atoms with van der Waals surface area (Å²) in [5.41, 5.74) is 0.640. The van der Waals surface area contributed by atoms with Crippen molar-refractivity contribution in [2.24, 2.45) is 0 Å². The first-order valence-corrected chi connectivity index (χ1v) is 6.07. The Morgan fingerprint density at radius 1 is 1.20 bits per heavy atom. The van der Waals surface area contributed by atoms with Gasteiger partial charge in [-0.05, 0) is 18.2 Å². The Balaban J connectivity index is 0.000000956. The number of anilines is 1. The molecule has 1 aromatic rings.